The largest absolute Gasteiger partial charge is 0.345 e. The summed E-state index contributed by atoms with van der Waals surface area (Å²) in [6.07, 6.45) is 2.03. The van der Waals surface area contributed by atoms with Gasteiger partial charge in [0.15, 0.2) is 0 Å². The molecule has 0 N–H and O–H groups in total. The molecule has 0 radical (unpaired) electrons. The van der Waals surface area contributed by atoms with Crippen LogP contribution in [0.5, 0.6) is 0 Å². The molecular formula is C19H24Cl2N2O. The summed E-state index contributed by atoms with van der Waals surface area (Å²) in [6.45, 7) is 7.90. The van der Waals surface area contributed by atoms with Crippen LogP contribution in [-0.4, -0.2) is 27.3 Å². The molecule has 5 heteroatoms. The molecule has 0 fully saturated rings. The van der Waals surface area contributed by atoms with Crippen molar-refractivity contribution in [3.05, 3.63) is 58.9 Å². The molecule has 1 amide bonds. The maximum absolute atomic E-state index is 12.4. The fourth-order valence-electron chi connectivity index (χ4n) is 2.70. The second kappa shape index (κ2) is 8.59. The molecule has 0 unspecified atom stereocenters. The predicted octanol–water partition coefficient (Wildman–Crippen LogP) is 4.80. The minimum absolute atomic E-state index is 0.0270. The number of halogens is 2. The van der Waals surface area contributed by atoms with Gasteiger partial charge in [0.25, 0.3) is 0 Å². The number of hydrogen-bond acceptors (Lipinski definition) is 1. The van der Waals surface area contributed by atoms with Gasteiger partial charge < -0.3 is 9.47 Å². The maximum atomic E-state index is 12.4. The molecule has 1 aromatic heterocycles. The zero-order chi connectivity index (χ0) is 17.7. The molecule has 3 nitrogen and oxygen atoms in total. The molecule has 130 valence electrons. The number of nitrogens with zero attached hydrogens (tertiary/aromatic N) is 2. The van der Waals surface area contributed by atoms with Gasteiger partial charge in [0.1, 0.15) is 5.38 Å². The van der Waals surface area contributed by atoms with Crippen LogP contribution in [-0.2, 0) is 17.9 Å². The van der Waals surface area contributed by atoms with E-state index in [0.29, 0.717) is 19.0 Å². The smallest absolute Gasteiger partial charge is 0.240 e. The highest BCUT2D eigenvalue weighted by Gasteiger charge is 2.20. The fourth-order valence-corrected chi connectivity index (χ4v) is 3.05. The number of carbonyl (C=O) groups excluding carboxylic acids is 1. The van der Waals surface area contributed by atoms with Crippen molar-refractivity contribution >= 4 is 29.1 Å². The van der Waals surface area contributed by atoms with Crippen molar-refractivity contribution in [3.8, 4) is 0 Å². The lowest BCUT2D eigenvalue weighted by Crippen LogP contribution is -2.38. The minimum Gasteiger partial charge on any atom is -0.345 e. The first-order valence-electron chi connectivity index (χ1n) is 8.18. The van der Waals surface area contributed by atoms with E-state index >= 15 is 0 Å². The maximum Gasteiger partial charge on any atom is 0.240 e. The summed E-state index contributed by atoms with van der Waals surface area (Å²) in [5.41, 5.74) is 2.22. The molecule has 0 saturated carbocycles. The predicted molar refractivity (Wildman–Crippen MR) is 101 cm³/mol. The van der Waals surface area contributed by atoms with Crippen LogP contribution in [0.25, 0.3) is 0 Å². The first-order chi connectivity index (χ1) is 11.4. The Morgan fingerprint density at radius 3 is 2.58 bits per heavy atom. The zero-order valence-electron chi connectivity index (χ0n) is 14.4. The second-order valence-corrected chi connectivity index (χ2v) is 7.58. The highest BCUT2D eigenvalue weighted by Crippen LogP contribution is 2.16. The molecule has 0 spiro atoms. The van der Waals surface area contributed by atoms with Crippen LogP contribution in [0, 0.1) is 5.92 Å². The third kappa shape index (κ3) is 5.29. The molecule has 1 heterocycles. The highest BCUT2D eigenvalue weighted by molar-refractivity contribution is 6.30. The van der Waals surface area contributed by atoms with Crippen LogP contribution in [0.15, 0.2) is 42.6 Å². The van der Waals surface area contributed by atoms with Crippen molar-refractivity contribution in [1.29, 1.82) is 0 Å². The van der Waals surface area contributed by atoms with Gasteiger partial charge in [-0.05, 0) is 42.7 Å². The molecule has 1 atom stereocenters. The first-order valence-corrected chi connectivity index (χ1v) is 8.99. The first kappa shape index (κ1) is 18.9. The van der Waals surface area contributed by atoms with Gasteiger partial charge in [-0.25, -0.2) is 0 Å². The number of alkyl halides is 1. The summed E-state index contributed by atoms with van der Waals surface area (Å²) >= 11 is 12.1. The number of aromatic nitrogens is 1. The third-order valence-electron chi connectivity index (χ3n) is 3.76. The average Bonchev–Trinajstić information content (AvgIpc) is 2.92. The molecule has 0 saturated heterocycles. The molecular weight excluding hydrogens is 343 g/mol. The van der Waals surface area contributed by atoms with Gasteiger partial charge in [-0.3, -0.25) is 4.79 Å². The summed E-state index contributed by atoms with van der Waals surface area (Å²) in [7, 11) is 0. The minimum atomic E-state index is -0.514. The molecule has 0 aliphatic carbocycles. The van der Waals surface area contributed by atoms with E-state index in [1.807, 2.05) is 47.5 Å². The molecule has 24 heavy (non-hydrogen) atoms. The number of benzene rings is 1. The van der Waals surface area contributed by atoms with Crippen molar-refractivity contribution < 1.29 is 4.79 Å². The second-order valence-electron chi connectivity index (χ2n) is 6.49. The molecule has 2 rings (SSSR count). The Hall–Kier alpha value is -1.45. The lowest BCUT2D eigenvalue weighted by Gasteiger charge is -2.26. The summed E-state index contributed by atoms with van der Waals surface area (Å²) < 4.78 is 2.14. The molecule has 0 aliphatic rings. The van der Waals surface area contributed by atoms with Gasteiger partial charge in [-0.1, -0.05) is 37.6 Å². The van der Waals surface area contributed by atoms with Gasteiger partial charge in [0.05, 0.1) is 6.54 Å². The lowest BCUT2D eigenvalue weighted by molar-refractivity contribution is -0.131. The van der Waals surface area contributed by atoms with E-state index < -0.39 is 5.38 Å². The van der Waals surface area contributed by atoms with Crippen LogP contribution in [0.3, 0.4) is 0 Å². The van der Waals surface area contributed by atoms with Gasteiger partial charge in [-0.15, -0.1) is 11.6 Å². The van der Waals surface area contributed by atoms with Gasteiger partial charge in [0.2, 0.25) is 5.91 Å². The van der Waals surface area contributed by atoms with Gasteiger partial charge in [0, 0.05) is 30.0 Å². The summed E-state index contributed by atoms with van der Waals surface area (Å²) in [5, 5.41) is 0.217. The van der Waals surface area contributed by atoms with Crippen LogP contribution < -0.4 is 0 Å². The molecule has 0 aliphatic heterocycles. The molecule has 1 aromatic carbocycles. The van der Waals surface area contributed by atoms with Crippen molar-refractivity contribution in [2.75, 3.05) is 6.54 Å². The topological polar surface area (TPSA) is 25.2 Å². The Morgan fingerprint density at radius 1 is 1.21 bits per heavy atom. The number of amides is 1. The van der Waals surface area contributed by atoms with E-state index in [0.717, 1.165) is 22.8 Å². The van der Waals surface area contributed by atoms with Crippen molar-refractivity contribution in [2.24, 2.45) is 5.92 Å². The van der Waals surface area contributed by atoms with E-state index in [1.165, 1.54) is 0 Å². The Kier molecular flexibility index (Phi) is 6.76. The number of rotatable bonds is 7. The van der Waals surface area contributed by atoms with Crippen LogP contribution in [0.2, 0.25) is 5.02 Å². The fraction of sp³-hybridized carbons (Fsp3) is 0.421. The normalized spacial score (nSPS) is 12.4. The summed E-state index contributed by atoms with van der Waals surface area (Å²) in [5.74, 6) is 0.363. The van der Waals surface area contributed by atoms with E-state index in [9.17, 15) is 4.79 Å². The quantitative estimate of drug-likeness (QED) is 0.645. The van der Waals surface area contributed by atoms with E-state index in [4.69, 9.17) is 23.2 Å². The van der Waals surface area contributed by atoms with Gasteiger partial charge >= 0.3 is 0 Å². The van der Waals surface area contributed by atoms with Crippen molar-refractivity contribution in [3.63, 3.8) is 0 Å². The zero-order valence-corrected chi connectivity index (χ0v) is 15.9. The Balaban J connectivity index is 2.16. The Morgan fingerprint density at radius 2 is 1.96 bits per heavy atom. The van der Waals surface area contributed by atoms with Crippen molar-refractivity contribution in [2.45, 2.75) is 39.2 Å². The van der Waals surface area contributed by atoms with Crippen LogP contribution in [0.4, 0.5) is 0 Å². The van der Waals surface area contributed by atoms with Crippen LogP contribution in [0.1, 0.15) is 32.0 Å². The molecule has 2 aromatic rings. The SMILES string of the molecule is CC(C)CN(Cc1cccn1Cc1cccc(Cl)c1)C(=O)[C@@H](C)Cl. The van der Waals surface area contributed by atoms with E-state index in [1.54, 1.807) is 6.92 Å². The Labute approximate surface area is 154 Å². The number of hydrogen-bond donors (Lipinski definition) is 0. The number of carbonyl (C=O) groups is 1. The standard InChI is InChI=1S/C19H24Cl2N2O/c1-14(2)11-23(19(24)15(3)20)13-18-8-5-9-22(18)12-16-6-4-7-17(21)10-16/h4-10,14-15H,11-13H2,1-3H3/t15-/m1/s1. The third-order valence-corrected chi connectivity index (χ3v) is 4.18. The monoisotopic (exact) mass is 366 g/mol. The van der Waals surface area contributed by atoms with E-state index in [2.05, 4.69) is 18.4 Å². The average molecular weight is 367 g/mol. The summed E-state index contributed by atoms with van der Waals surface area (Å²) in [4.78, 5) is 14.2. The summed E-state index contributed by atoms with van der Waals surface area (Å²) in [6, 6.07) is 11.9. The van der Waals surface area contributed by atoms with Crippen molar-refractivity contribution in [1.82, 2.24) is 9.47 Å². The van der Waals surface area contributed by atoms with Crippen LogP contribution >= 0.6 is 23.2 Å². The highest BCUT2D eigenvalue weighted by atomic mass is 35.5. The van der Waals surface area contributed by atoms with Gasteiger partial charge in [-0.2, -0.15) is 0 Å². The lowest BCUT2D eigenvalue weighted by atomic mass is 10.2. The Bertz CT molecular complexity index is 680. The van der Waals surface area contributed by atoms with E-state index in [-0.39, 0.29) is 5.91 Å². The molecule has 0 bridgehead atoms.